The van der Waals surface area contributed by atoms with E-state index in [1.165, 1.54) is 13.8 Å². The van der Waals surface area contributed by atoms with Crippen LogP contribution in [0.5, 0.6) is 0 Å². The average molecular weight is 274 g/mol. The zero-order chi connectivity index (χ0) is 15.2. The summed E-state index contributed by atoms with van der Waals surface area (Å²) in [6, 6.07) is 0. The second kappa shape index (κ2) is 4.41. The maximum Gasteiger partial charge on any atom is 0.228 e. The Labute approximate surface area is 113 Å². The lowest BCUT2D eigenvalue weighted by atomic mass is 9.85. The van der Waals surface area contributed by atoms with Gasteiger partial charge in [0, 0.05) is 16.7 Å². The first-order valence-corrected chi connectivity index (χ1v) is 5.67. The van der Waals surface area contributed by atoms with Crippen molar-refractivity contribution in [1.29, 1.82) is 0 Å². The van der Waals surface area contributed by atoms with E-state index in [1.807, 2.05) is 0 Å². The Kier molecular flexibility index (Phi) is 3.01. The fourth-order valence-corrected chi connectivity index (χ4v) is 1.92. The van der Waals surface area contributed by atoms with Gasteiger partial charge in [-0.2, -0.15) is 0 Å². The molecule has 0 aromatic rings. The minimum absolute atomic E-state index is 0.0300. The largest absolute Gasteiger partial charge is 0.504 e. The first-order chi connectivity index (χ1) is 9.25. The number of Topliss-reactive ketones (excluding diaryl/α,β-unsaturated/α-hetero) is 2. The molecule has 6 nitrogen and oxygen atoms in total. The van der Waals surface area contributed by atoms with E-state index in [0.29, 0.717) is 0 Å². The molecule has 0 amide bonds. The maximum atomic E-state index is 11.9. The van der Waals surface area contributed by atoms with Gasteiger partial charge in [-0.05, 0) is 26.0 Å². The summed E-state index contributed by atoms with van der Waals surface area (Å²) in [7, 11) is 0. The van der Waals surface area contributed by atoms with Crippen LogP contribution in [0.2, 0.25) is 0 Å². The fourth-order valence-electron chi connectivity index (χ4n) is 1.92. The van der Waals surface area contributed by atoms with Gasteiger partial charge in [-0.1, -0.05) is 0 Å². The minimum atomic E-state index is -0.974. The standard InChI is InChI=1S/C14H10O6/c1-5-3-9(16)10(14(20)11(5)17)7-4-8(15)6(2)12(18)13(7)19/h3-4,18,20H,1-2H3. The molecule has 102 valence electrons. The summed E-state index contributed by atoms with van der Waals surface area (Å²) < 4.78 is 0. The van der Waals surface area contributed by atoms with E-state index < -0.39 is 45.8 Å². The molecule has 20 heavy (non-hydrogen) atoms. The molecule has 0 fully saturated rings. The topological polar surface area (TPSA) is 109 Å². The number of aliphatic hydroxyl groups excluding tert-OH is 2. The highest BCUT2D eigenvalue weighted by molar-refractivity contribution is 6.32. The maximum absolute atomic E-state index is 11.9. The molecule has 0 aliphatic heterocycles. The van der Waals surface area contributed by atoms with Crippen molar-refractivity contribution < 1.29 is 29.4 Å². The monoisotopic (exact) mass is 274 g/mol. The lowest BCUT2D eigenvalue weighted by Gasteiger charge is -2.17. The van der Waals surface area contributed by atoms with Crippen LogP contribution in [0.15, 0.2) is 46.0 Å². The van der Waals surface area contributed by atoms with Gasteiger partial charge in [-0.15, -0.1) is 0 Å². The van der Waals surface area contributed by atoms with Crippen molar-refractivity contribution in [3.8, 4) is 0 Å². The molecule has 0 saturated carbocycles. The molecule has 0 radical (unpaired) electrons. The predicted molar refractivity (Wildman–Crippen MR) is 66.9 cm³/mol. The summed E-state index contributed by atoms with van der Waals surface area (Å²) >= 11 is 0. The minimum Gasteiger partial charge on any atom is -0.504 e. The van der Waals surface area contributed by atoms with Crippen LogP contribution in [-0.4, -0.2) is 33.3 Å². The Hall–Kier alpha value is -2.76. The lowest BCUT2D eigenvalue weighted by Crippen LogP contribution is -2.26. The van der Waals surface area contributed by atoms with Crippen molar-refractivity contribution in [1.82, 2.24) is 0 Å². The number of ketones is 4. The molecule has 0 saturated heterocycles. The highest BCUT2D eigenvalue weighted by Crippen LogP contribution is 2.28. The zero-order valence-electron chi connectivity index (χ0n) is 10.7. The quantitative estimate of drug-likeness (QED) is 0.685. The van der Waals surface area contributed by atoms with Crippen molar-refractivity contribution in [2.75, 3.05) is 0 Å². The molecule has 6 heteroatoms. The van der Waals surface area contributed by atoms with Gasteiger partial charge in [0.2, 0.25) is 11.6 Å². The van der Waals surface area contributed by atoms with Gasteiger partial charge in [0.1, 0.15) is 0 Å². The van der Waals surface area contributed by atoms with Crippen LogP contribution in [0.3, 0.4) is 0 Å². The van der Waals surface area contributed by atoms with Gasteiger partial charge < -0.3 is 10.2 Å². The molecule has 0 aromatic carbocycles. The van der Waals surface area contributed by atoms with Gasteiger partial charge in [-0.3, -0.25) is 19.2 Å². The van der Waals surface area contributed by atoms with Crippen LogP contribution in [0.25, 0.3) is 0 Å². The van der Waals surface area contributed by atoms with Gasteiger partial charge in [0.25, 0.3) is 0 Å². The Bertz CT molecular complexity index is 712. The van der Waals surface area contributed by atoms with Crippen molar-refractivity contribution in [2.24, 2.45) is 0 Å². The van der Waals surface area contributed by atoms with Gasteiger partial charge in [-0.25, -0.2) is 0 Å². The molecule has 0 aromatic heterocycles. The fraction of sp³-hybridized carbons (Fsp3) is 0.143. The summed E-state index contributed by atoms with van der Waals surface area (Å²) in [5.74, 6) is -4.89. The zero-order valence-corrected chi connectivity index (χ0v) is 10.7. The molecule has 2 rings (SSSR count). The molecule has 0 unspecified atom stereocenters. The number of aliphatic hydroxyl groups is 2. The molecule has 0 heterocycles. The Morgan fingerprint density at radius 3 is 2.00 bits per heavy atom. The van der Waals surface area contributed by atoms with Gasteiger partial charge in [0.15, 0.2) is 23.1 Å². The van der Waals surface area contributed by atoms with Crippen molar-refractivity contribution in [3.05, 3.63) is 46.0 Å². The van der Waals surface area contributed by atoms with Gasteiger partial charge in [0.05, 0.1) is 5.57 Å². The molecule has 2 aliphatic carbocycles. The third-order valence-electron chi connectivity index (χ3n) is 3.13. The third-order valence-corrected chi connectivity index (χ3v) is 3.13. The number of hydrogen-bond acceptors (Lipinski definition) is 6. The summed E-state index contributed by atoms with van der Waals surface area (Å²) in [5, 5.41) is 19.3. The van der Waals surface area contributed by atoms with E-state index in [4.69, 9.17) is 0 Å². The summed E-state index contributed by atoms with van der Waals surface area (Å²) in [6.45, 7) is 2.60. The normalized spacial score (nSPS) is 20.5. The van der Waals surface area contributed by atoms with Crippen LogP contribution >= 0.6 is 0 Å². The Balaban J connectivity index is 2.61. The smallest absolute Gasteiger partial charge is 0.228 e. The van der Waals surface area contributed by atoms with Gasteiger partial charge >= 0.3 is 0 Å². The lowest BCUT2D eigenvalue weighted by molar-refractivity contribution is -0.119. The highest BCUT2D eigenvalue weighted by atomic mass is 16.3. The molecular formula is C14H10O6. The van der Waals surface area contributed by atoms with E-state index >= 15 is 0 Å². The predicted octanol–water partition coefficient (Wildman–Crippen LogP) is 0.807. The van der Waals surface area contributed by atoms with E-state index in [-0.39, 0.29) is 11.1 Å². The number of rotatable bonds is 1. The van der Waals surface area contributed by atoms with E-state index in [9.17, 15) is 29.4 Å². The van der Waals surface area contributed by atoms with E-state index in [0.717, 1.165) is 12.2 Å². The first-order valence-electron chi connectivity index (χ1n) is 5.67. The van der Waals surface area contributed by atoms with Crippen molar-refractivity contribution in [2.45, 2.75) is 13.8 Å². The van der Waals surface area contributed by atoms with E-state index in [2.05, 4.69) is 0 Å². The molecule has 2 N–H and O–H groups in total. The summed E-state index contributed by atoms with van der Waals surface area (Å²) in [5.41, 5.74) is -1.15. The summed E-state index contributed by atoms with van der Waals surface area (Å²) in [4.78, 5) is 47.0. The Morgan fingerprint density at radius 1 is 0.800 bits per heavy atom. The van der Waals surface area contributed by atoms with Crippen LogP contribution in [0.1, 0.15) is 13.8 Å². The van der Waals surface area contributed by atoms with Crippen LogP contribution in [-0.2, 0) is 19.2 Å². The average Bonchev–Trinajstić information content (AvgIpc) is 2.39. The number of carbonyl (C=O) groups is 4. The van der Waals surface area contributed by atoms with E-state index in [1.54, 1.807) is 0 Å². The highest BCUT2D eigenvalue weighted by Gasteiger charge is 2.35. The molecule has 0 spiro atoms. The SMILES string of the molecule is CC1=CC(=O)C(C2=CC(=O)C(C)=C(O)C2=O)=C(O)C1=O. The Morgan fingerprint density at radius 2 is 1.40 bits per heavy atom. The molecule has 2 aliphatic rings. The second-order valence-corrected chi connectivity index (χ2v) is 4.47. The number of hydrogen-bond donors (Lipinski definition) is 2. The molecule has 0 bridgehead atoms. The first kappa shape index (κ1) is 13.7. The molecular weight excluding hydrogens is 264 g/mol. The van der Waals surface area contributed by atoms with Crippen LogP contribution < -0.4 is 0 Å². The van der Waals surface area contributed by atoms with Crippen molar-refractivity contribution in [3.63, 3.8) is 0 Å². The summed E-state index contributed by atoms with van der Waals surface area (Å²) in [6.07, 6.45) is 1.81. The second-order valence-electron chi connectivity index (χ2n) is 4.47. The third kappa shape index (κ3) is 1.82. The van der Waals surface area contributed by atoms with Crippen LogP contribution in [0.4, 0.5) is 0 Å². The number of allylic oxidation sites excluding steroid dienone is 6. The molecule has 0 atom stereocenters. The van der Waals surface area contributed by atoms with Crippen LogP contribution in [0, 0.1) is 0 Å². The van der Waals surface area contributed by atoms with Crippen molar-refractivity contribution >= 4 is 23.1 Å². The number of carbonyl (C=O) groups excluding carboxylic acids is 4.